The number of halogens is 5. The van der Waals surface area contributed by atoms with Crippen LogP contribution in [0.4, 0.5) is 35.0 Å². The van der Waals surface area contributed by atoms with Gasteiger partial charge in [-0.25, -0.2) is 9.79 Å². The number of anilines is 3. The van der Waals surface area contributed by atoms with E-state index in [-0.39, 0.29) is 16.8 Å². The monoisotopic (exact) mass is 459 g/mol. The second kappa shape index (κ2) is 9.82. The molecular weight excluding hydrogens is 442 g/mol. The molecule has 2 amide bonds. The summed E-state index contributed by atoms with van der Waals surface area (Å²) >= 11 is 11.4. The molecule has 6 nitrogen and oxygen atoms in total. The molecule has 0 aliphatic rings. The first-order valence-electron chi connectivity index (χ1n) is 8.49. The van der Waals surface area contributed by atoms with Crippen LogP contribution in [0.3, 0.4) is 0 Å². The Kier molecular flexibility index (Phi) is 7.69. The van der Waals surface area contributed by atoms with Crippen molar-refractivity contribution in [3.8, 4) is 0 Å². The lowest BCUT2D eigenvalue weighted by molar-refractivity contribution is -0.137. The Morgan fingerprint density at radius 1 is 1.03 bits per heavy atom. The zero-order valence-corrected chi connectivity index (χ0v) is 17.7. The molecule has 0 radical (unpaired) electrons. The zero-order chi connectivity index (χ0) is 22.5. The highest BCUT2D eigenvalue weighted by atomic mass is 35.5. The summed E-state index contributed by atoms with van der Waals surface area (Å²) in [6.45, 7) is 3.44. The summed E-state index contributed by atoms with van der Waals surface area (Å²) in [6.07, 6.45) is -4.63. The standard InChI is InChI=1S/C19H18Cl2F3N5O/c1-10-4-5-13(9-16(10)29-17(25-3)26-11(2)20)28-18(30)27-12-6-7-15(21)14(8-12)19(22,23)24/h4-9H,1-3H3,(H,25,29)(H2,27,28,30). The maximum atomic E-state index is 13.0. The van der Waals surface area contributed by atoms with Gasteiger partial charge < -0.3 is 16.0 Å². The van der Waals surface area contributed by atoms with Crippen LogP contribution in [0.25, 0.3) is 0 Å². The number of aryl methyl sites for hydroxylation is 1. The molecule has 2 aromatic rings. The van der Waals surface area contributed by atoms with Crippen molar-refractivity contribution in [2.24, 2.45) is 9.98 Å². The highest BCUT2D eigenvalue weighted by molar-refractivity contribution is 6.65. The van der Waals surface area contributed by atoms with E-state index in [1.54, 1.807) is 25.1 Å². The first-order chi connectivity index (χ1) is 14.0. The number of hydrogen-bond donors (Lipinski definition) is 3. The van der Waals surface area contributed by atoms with Crippen LogP contribution in [0.1, 0.15) is 18.1 Å². The molecule has 30 heavy (non-hydrogen) atoms. The number of amides is 2. The first kappa shape index (κ1) is 23.5. The molecule has 0 aliphatic carbocycles. The molecule has 0 aromatic heterocycles. The fourth-order valence-electron chi connectivity index (χ4n) is 2.35. The van der Waals surface area contributed by atoms with E-state index in [1.165, 1.54) is 13.1 Å². The van der Waals surface area contributed by atoms with Gasteiger partial charge in [0.15, 0.2) is 0 Å². The number of nitrogens with one attached hydrogen (secondary N) is 3. The molecule has 160 valence electrons. The Balaban J connectivity index is 2.15. The summed E-state index contributed by atoms with van der Waals surface area (Å²) in [6, 6.07) is 7.39. The minimum Gasteiger partial charge on any atom is -0.324 e. The van der Waals surface area contributed by atoms with Crippen molar-refractivity contribution in [1.29, 1.82) is 0 Å². The zero-order valence-electron chi connectivity index (χ0n) is 16.2. The van der Waals surface area contributed by atoms with E-state index in [4.69, 9.17) is 23.2 Å². The smallest absolute Gasteiger partial charge is 0.324 e. The van der Waals surface area contributed by atoms with Crippen LogP contribution in [0.15, 0.2) is 46.4 Å². The molecule has 3 N–H and O–H groups in total. The Labute approximate surface area is 181 Å². The van der Waals surface area contributed by atoms with E-state index in [9.17, 15) is 18.0 Å². The van der Waals surface area contributed by atoms with E-state index in [1.807, 2.05) is 6.92 Å². The highest BCUT2D eigenvalue weighted by Crippen LogP contribution is 2.36. The molecule has 0 saturated carbocycles. The third-order valence-electron chi connectivity index (χ3n) is 3.74. The van der Waals surface area contributed by atoms with Gasteiger partial charge in [0, 0.05) is 24.1 Å². The van der Waals surface area contributed by atoms with Gasteiger partial charge in [0.1, 0.15) is 5.17 Å². The van der Waals surface area contributed by atoms with Gasteiger partial charge in [-0.3, -0.25) is 4.99 Å². The topological polar surface area (TPSA) is 77.9 Å². The average Bonchev–Trinajstić information content (AvgIpc) is 2.64. The predicted octanol–water partition coefficient (Wildman–Crippen LogP) is 6.37. The van der Waals surface area contributed by atoms with Crippen molar-refractivity contribution in [2.45, 2.75) is 20.0 Å². The third kappa shape index (κ3) is 6.64. The van der Waals surface area contributed by atoms with Gasteiger partial charge in [0.05, 0.1) is 10.6 Å². The van der Waals surface area contributed by atoms with Crippen molar-refractivity contribution in [2.75, 3.05) is 23.0 Å². The summed E-state index contributed by atoms with van der Waals surface area (Å²) < 4.78 is 38.9. The molecule has 0 unspecified atom stereocenters. The van der Waals surface area contributed by atoms with Crippen LogP contribution >= 0.6 is 23.2 Å². The summed E-state index contributed by atoms with van der Waals surface area (Å²) in [5.74, 6) is 0.271. The van der Waals surface area contributed by atoms with Crippen LogP contribution < -0.4 is 16.0 Å². The second-order valence-corrected chi connectivity index (χ2v) is 7.04. The Hall–Kier alpha value is -2.78. The van der Waals surface area contributed by atoms with Crippen molar-refractivity contribution in [3.05, 3.63) is 52.5 Å². The van der Waals surface area contributed by atoms with Crippen LogP contribution in [0, 0.1) is 6.92 Å². The molecule has 0 bridgehead atoms. The number of hydrogen-bond acceptors (Lipinski definition) is 2. The fraction of sp³-hybridized carbons (Fsp3) is 0.211. The number of urea groups is 1. The molecule has 0 heterocycles. The van der Waals surface area contributed by atoms with E-state index in [2.05, 4.69) is 25.9 Å². The number of aliphatic imine (C=N–C) groups is 2. The molecule has 0 saturated heterocycles. The Bertz CT molecular complexity index is 1000. The van der Waals surface area contributed by atoms with Crippen LogP contribution in [-0.4, -0.2) is 24.2 Å². The molecule has 11 heteroatoms. The SMILES string of the molecule is CN=C(N=C(C)Cl)Nc1cc(NC(=O)Nc2ccc(Cl)c(C(F)(F)F)c2)ccc1C. The van der Waals surface area contributed by atoms with Gasteiger partial charge in [-0.2, -0.15) is 13.2 Å². The Morgan fingerprint density at radius 3 is 2.20 bits per heavy atom. The molecular formula is C19H18Cl2F3N5O. The van der Waals surface area contributed by atoms with Crippen molar-refractivity contribution in [1.82, 2.24) is 0 Å². The van der Waals surface area contributed by atoms with Gasteiger partial charge in [0.2, 0.25) is 5.96 Å². The highest BCUT2D eigenvalue weighted by Gasteiger charge is 2.33. The minimum atomic E-state index is -4.63. The largest absolute Gasteiger partial charge is 0.417 e. The number of guanidine groups is 1. The minimum absolute atomic E-state index is 0.0537. The van der Waals surface area contributed by atoms with Gasteiger partial charge in [-0.15, -0.1) is 0 Å². The van der Waals surface area contributed by atoms with Gasteiger partial charge >= 0.3 is 12.2 Å². The lowest BCUT2D eigenvalue weighted by atomic mass is 10.2. The van der Waals surface area contributed by atoms with Gasteiger partial charge in [-0.05, 0) is 49.7 Å². The third-order valence-corrected chi connectivity index (χ3v) is 4.16. The lowest BCUT2D eigenvalue weighted by Gasteiger charge is -2.14. The maximum absolute atomic E-state index is 13.0. The average molecular weight is 460 g/mol. The number of benzene rings is 2. The van der Waals surface area contributed by atoms with Crippen LogP contribution in [-0.2, 0) is 6.18 Å². The summed E-state index contributed by atoms with van der Waals surface area (Å²) in [7, 11) is 1.54. The molecule has 0 aliphatic heterocycles. The van der Waals surface area contributed by atoms with Crippen LogP contribution in [0.5, 0.6) is 0 Å². The first-order valence-corrected chi connectivity index (χ1v) is 9.25. The van der Waals surface area contributed by atoms with E-state index < -0.39 is 22.8 Å². The van der Waals surface area contributed by atoms with E-state index >= 15 is 0 Å². The number of nitrogens with zero attached hydrogens (tertiary/aromatic N) is 2. The number of alkyl halides is 3. The van der Waals surface area contributed by atoms with Gasteiger partial charge in [0.25, 0.3) is 0 Å². The van der Waals surface area contributed by atoms with E-state index in [0.29, 0.717) is 11.4 Å². The summed E-state index contributed by atoms with van der Waals surface area (Å²) in [5.41, 5.74) is 0.762. The second-order valence-electron chi connectivity index (χ2n) is 6.08. The molecule has 0 fully saturated rings. The van der Waals surface area contributed by atoms with Gasteiger partial charge in [-0.1, -0.05) is 29.3 Å². The number of rotatable bonds is 3. The maximum Gasteiger partial charge on any atom is 0.417 e. The molecule has 0 atom stereocenters. The molecule has 2 aromatic carbocycles. The Morgan fingerprint density at radius 2 is 1.63 bits per heavy atom. The fourth-order valence-corrected chi connectivity index (χ4v) is 2.65. The molecule has 2 rings (SSSR count). The van der Waals surface area contributed by atoms with Crippen LogP contribution in [0.2, 0.25) is 5.02 Å². The van der Waals surface area contributed by atoms with Crippen molar-refractivity contribution in [3.63, 3.8) is 0 Å². The van der Waals surface area contributed by atoms with Crippen molar-refractivity contribution >= 4 is 57.4 Å². The lowest BCUT2D eigenvalue weighted by Crippen LogP contribution is -2.20. The number of carbonyl (C=O) groups excluding carboxylic acids is 1. The van der Waals surface area contributed by atoms with E-state index in [0.717, 1.165) is 17.7 Å². The summed E-state index contributed by atoms with van der Waals surface area (Å²) in [5, 5.41) is 7.73. The normalized spacial score (nSPS) is 12.5. The predicted molar refractivity (Wildman–Crippen MR) is 116 cm³/mol. The summed E-state index contributed by atoms with van der Waals surface area (Å²) in [4.78, 5) is 20.2. The molecule has 0 spiro atoms. The van der Waals surface area contributed by atoms with Crippen molar-refractivity contribution < 1.29 is 18.0 Å². The number of carbonyl (C=O) groups is 1. The quantitative estimate of drug-likeness (QED) is 0.368.